The van der Waals surface area contributed by atoms with Crippen LogP contribution < -0.4 is 5.32 Å². The van der Waals surface area contributed by atoms with Gasteiger partial charge in [-0.1, -0.05) is 6.92 Å². The summed E-state index contributed by atoms with van der Waals surface area (Å²) in [5.74, 6) is -1.32. The normalized spacial score (nSPS) is 22.1. The Morgan fingerprint density at radius 2 is 2.20 bits per heavy atom. The predicted octanol–water partition coefficient (Wildman–Crippen LogP) is 0.591. The van der Waals surface area contributed by atoms with Gasteiger partial charge in [0.2, 0.25) is 0 Å². The minimum Gasteiger partial charge on any atom is -0.481 e. The first kappa shape index (κ1) is 14.4. The van der Waals surface area contributed by atoms with Crippen LogP contribution >= 0.6 is 0 Å². The smallest absolute Gasteiger partial charge is 0.317 e. The zero-order valence-corrected chi connectivity index (χ0v) is 12.0. The second kappa shape index (κ2) is 5.52. The molecule has 1 saturated heterocycles. The molecule has 0 spiro atoms. The van der Waals surface area contributed by atoms with Crippen LogP contribution in [0.3, 0.4) is 0 Å². The predicted molar refractivity (Wildman–Crippen MR) is 72.0 cm³/mol. The molecule has 1 aromatic heterocycles. The number of hydrogen-bond acceptors (Lipinski definition) is 3. The van der Waals surface area contributed by atoms with Gasteiger partial charge in [-0.25, -0.2) is 4.79 Å². The third kappa shape index (κ3) is 2.92. The van der Waals surface area contributed by atoms with Gasteiger partial charge in [0.1, 0.15) is 0 Å². The van der Waals surface area contributed by atoms with E-state index in [4.69, 9.17) is 5.11 Å². The largest absolute Gasteiger partial charge is 0.481 e. The molecule has 2 rings (SSSR count). The number of carboxylic acids is 1. The Labute approximate surface area is 117 Å². The van der Waals surface area contributed by atoms with Crippen molar-refractivity contribution < 1.29 is 14.7 Å². The maximum absolute atomic E-state index is 12.0. The number of carbonyl (C=O) groups is 2. The van der Waals surface area contributed by atoms with Crippen LogP contribution in [0.4, 0.5) is 4.79 Å². The van der Waals surface area contributed by atoms with Crippen LogP contribution in [0.2, 0.25) is 0 Å². The second-order valence-electron chi connectivity index (χ2n) is 5.40. The maximum atomic E-state index is 12.0. The summed E-state index contributed by atoms with van der Waals surface area (Å²) in [6, 6.07) is -0.219. The number of rotatable bonds is 3. The van der Waals surface area contributed by atoms with Crippen molar-refractivity contribution in [2.75, 3.05) is 13.1 Å². The van der Waals surface area contributed by atoms with E-state index in [-0.39, 0.29) is 18.5 Å². The van der Waals surface area contributed by atoms with Gasteiger partial charge in [0, 0.05) is 38.4 Å². The van der Waals surface area contributed by atoms with Gasteiger partial charge < -0.3 is 15.3 Å². The van der Waals surface area contributed by atoms with E-state index in [0.29, 0.717) is 13.1 Å². The molecule has 0 bridgehead atoms. The van der Waals surface area contributed by atoms with Gasteiger partial charge in [-0.2, -0.15) is 5.10 Å². The van der Waals surface area contributed by atoms with E-state index in [9.17, 15) is 9.59 Å². The average Bonchev–Trinajstić information content (AvgIpc) is 2.89. The standard InChI is InChI=1S/C13H20N4O3/c1-8-5-17(7-11(8)12(18)19)13(20)14-4-10-6-16(3)15-9(10)2/h6,8,11H,4-5,7H2,1-3H3,(H,14,20)(H,18,19). The highest BCUT2D eigenvalue weighted by Crippen LogP contribution is 2.23. The van der Waals surface area contributed by atoms with Gasteiger partial charge in [0.25, 0.3) is 0 Å². The van der Waals surface area contributed by atoms with Gasteiger partial charge in [-0.15, -0.1) is 0 Å². The van der Waals surface area contributed by atoms with E-state index in [0.717, 1.165) is 11.3 Å². The number of urea groups is 1. The fraction of sp³-hybridized carbons (Fsp3) is 0.615. The lowest BCUT2D eigenvalue weighted by atomic mass is 9.99. The Morgan fingerprint density at radius 1 is 1.50 bits per heavy atom. The summed E-state index contributed by atoms with van der Waals surface area (Å²) in [4.78, 5) is 24.6. The molecule has 110 valence electrons. The molecule has 2 N–H and O–H groups in total. The van der Waals surface area contributed by atoms with E-state index in [1.54, 1.807) is 9.58 Å². The molecular formula is C13H20N4O3. The lowest BCUT2D eigenvalue weighted by Crippen LogP contribution is -2.38. The Hall–Kier alpha value is -2.05. The molecule has 1 fully saturated rings. The van der Waals surface area contributed by atoms with E-state index in [1.165, 1.54) is 0 Å². The number of nitrogens with zero attached hydrogens (tertiary/aromatic N) is 3. The zero-order chi connectivity index (χ0) is 14.9. The highest BCUT2D eigenvalue weighted by atomic mass is 16.4. The van der Waals surface area contributed by atoms with Crippen molar-refractivity contribution in [1.29, 1.82) is 0 Å². The topological polar surface area (TPSA) is 87.5 Å². The number of carboxylic acid groups (broad SMARTS) is 1. The number of carbonyl (C=O) groups excluding carboxylic acids is 1. The van der Waals surface area contributed by atoms with Crippen LogP contribution in [0.15, 0.2) is 6.20 Å². The molecule has 1 aliphatic heterocycles. The van der Waals surface area contributed by atoms with E-state index in [2.05, 4.69) is 10.4 Å². The molecule has 7 nitrogen and oxygen atoms in total. The highest BCUT2D eigenvalue weighted by Gasteiger charge is 2.36. The van der Waals surface area contributed by atoms with Crippen molar-refractivity contribution in [3.8, 4) is 0 Å². The second-order valence-corrected chi connectivity index (χ2v) is 5.40. The number of nitrogens with one attached hydrogen (secondary N) is 1. The van der Waals surface area contributed by atoms with Crippen molar-refractivity contribution in [2.24, 2.45) is 18.9 Å². The summed E-state index contributed by atoms with van der Waals surface area (Å²) >= 11 is 0. The van der Waals surface area contributed by atoms with Crippen molar-refractivity contribution in [2.45, 2.75) is 20.4 Å². The fourth-order valence-electron chi connectivity index (χ4n) is 2.56. The SMILES string of the molecule is Cc1nn(C)cc1CNC(=O)N1CC(C)C(C(=O)O)C1. The first-order chi connectivity index (χ1) is 9.38. The van der Waals surface area contributed by atoms with Gasteiger partial charge in [-0.3, -0.25) is 9.48 Å². The number of aromatic nitrogens is 2. The summed E-state index contributed by atoms with van der Waals surface area (Å²) in [7, 11) is 1.83. The van der Waals surface area contributed by atoms with Crippen molar-refractivity contribution in [3.05, 3.63) is 17.5 Å². The first-order valence-corrected chi connectivity index (χ1v) is 6.63. The molecule has 2 unspecified atom stereocenters. The van der Waals surface area contributed by atoms with Crippen LogP contribution in [-0.2, 0) is 18.4 Å². The van der Waals surface area contributed by atoms with Gasteiger partial charge in [0.15, 0.2) is 0 Å². The minimum absolute atomic E-state index is 0.0154. The summed E-state index contributed by atoms with van der Waals surface area (Å²) in [5.41, 5.74) is 1.84. The molecule has 20 heavy (non-hydrogen) atoms. The van der Waals surface area contributed by atoms with E-state index in [1.807, 2.05) is 27.1 Å². The Kier molecular flexibility index (Phi) is 3.96. The average molecular weight is 280 g/mol. The Morgan fingerprint density at radius 3 is 2.70 bits per heavy atom. The monoisotopic (exact) mass is 280 g/mol. The molecule has 1 aromatic rings. The van der Waals surface area contributed by atoms with Crippen LogP contribution in [0, 0.1) is 18.8 Å². The van der Waals surface area contributed by atoms with Gasteiger partial charge in [0.05, 0.1) is 11.6 Å². The van der Waals surface area contributed by atoms with Gasteiger partial charge >= 0.3 is 12.0 Å². The first-order valence-electron chi connectivity index (χ1n) is 6.63. The quantitative estimate of drug-likeness (QED) is 0.848. The summed E-state index contributed by atoms with van der Waals surface area (Å²) < 4.78 is 1.70. The number of likely N-dealkylation sites (tertiary alicyclic amines) is 1. The number of amides is 2. The third-order valence-electron chi connectivity index (χ3n) is 3.76. The summed E-state index contributed by atoms with van der Waals surface area (Å²) in [6.07, 6.45) is 1.86. The fourth-order valence-corrected chi connectivity index (χ4v) is 2.56. The van der Waals surface area contributed by atoms with Crippen LogP contribution in [0.25, 0.3) is 0 Å². The van der Waals surface area contributed by atoms with E-state index >= 15 is 0 Å². The molecule has 2 atom stereocenters. The lowest BCUT2D eigenvalue weighted by molar-refractivity contribution is -0.142. The highest BCUT2D eigenvalue weighted by molar-refractivity contribution is 5.77. The number of aryl methyl sites for hydroxylation is 2. The van der Waals surface area contributed by atoms with Gasteiger partial charge in [-0.05, 0) is 12.8 Å². The van der Waals surface area contributed by atoms with Crippen molar-refractivity contribution in [1.82, 2.24) is 20.0 Å². The lowest BCUT2D eigenvalue weighted by Gasteiger charge is -2.16. The number of hydrogen-bond donors (Lipinski definition) is 2. The van der Waals surface area contributed by atoms with Crippen LogP contribution in [-0.4, -0.2) is 44.9 Å². The Bertz CT molecular complexity index is 526. The molecule has 0 saturated carbocycles. The molecular weight excluding hydrogens is 260 g/mol. The van der Waals surface area contributed by atoms with Crippen LogP contribution in [0.5, 0.6) is 0 Å². The van der Waals surface area contributed by atoms with E-state index < -0.39 is 11.9 Å². The maximum Gasteiger partial charge on any atom is 0.317 e. The van der Waals surface area contributed by atoms with Crippen molar-refractivity contribution in [3.63, 3.8) is 0 Å². The molecule has 0 radical (unpaired) electrons. The Balaban J connectivity index is 1.90. The minimum atomic E-state index is -0.837. The van der Waals surface area contributed by atoms with Crippen LogP contribution in [0.1, 0.15) is 18.2 Å². The molecule has 0 aliphatic carbocycles. The number of aliphatic carboxylic acids is 1. The molecule has 2 heterocycles. The van der Waals surface area contributed by atoms with Crippen molar-refractivity contribution >= 4 is 12.0 Å². The zero-order valence-electron chi connectivity index (χ0n) is 12.0. The summed E-state index contributed by atoms with van der Waals surface area (Å²) in [6.45, 7) is 4.90. The molecule has 0 aromatic carbocycles. The third-order valence-corrected chi connectivity index (χ3v) is 3.76. The summed E-state index contributed by atoms with van der Waals surface area (Å²) in [5, 5.41) is 16.1. The molecule has 1 aliphatic rings. The molecule has 7 heteroatoms. The molecule has 2 amide bonds.